The standard InChI is InChI=1S/C18H17N3.C16H16N2/c1-3-7-21-16-5-6-17(21)10-18(9-16,13-19)15-8-14(4-2)11-20-12-15;1-2-12-6-15(10-18-9-12)16(11-17)7-13-3-4-14(5-13)8-16/h1-2,8,11-12,16-17H,5-7,9-10H2;1,6,9-10,13-14H,3-5,7-8H2/t16-,17+,18?;13-,14+,16?. The Morgan fingerprint density at radius 3 is 1.67 bits per heavy atom. The Morgan fingerprint density at radius 1 is 0.744 bits per heavy atom. The van der Waals surface area contributed by atoms with E-state index in [0.29, 0.717) is 18.6 Å². The molecule has 6 rings (SSSR count). The van der Waals surface area contributed by atoms with Gasteiger partial charge >= 0.3 is 0 Å². The molecule has 0 spiro atoms. The van der Waals surface area contributed by atoms with Crippen molar-refractivity contribution in [1.29, 1.82) is 10.5 Å². The molecule has 0 N–H and O–H groups in total. The van der Waals surface area contributed by atoms with Crippen LogP contribution < -0.4 is 0 Å². The molecule has 6 atom stereocenters. The van der Waals surface area contributed by atoms with Crippen molar-refractivity contribution in [2.75, 3.05) is 6.54 Å². The first-order valence-corrected chi connectivity index (χ1v) is 13.8. The van der Waals surface area contributed by atoms with E-state index in [1.54, 1.807) is 18.6 Å². The van der Waals surface area contributed by atoms with Crippen LogP contribution in [0.15, 0.2) is 36.9 Å². The van der Waals surface area contributed by atoms with E-state index in [4.69, 9.17) is 19.3 Å². The monoisotopic (exact) mass is 511 g/mol. The van der Waals surface area contributed by atoms with Crippen LogP contribution in [0.1, 0.15) is 80.0 Å². The van der Waals surface area contributed by atoms with Gasteiger partial charge in [0.15, 0.2) is 0 Å². The number of pyridine rings is 2. The second kappa shape index (κ2) is 11.0. The molecule has 2 saturated carbocycles. The minimum Gasteiger partial charge on any atom is -0.286 e. The molecule has 2 saturated heterocycles. The van der Waals surface area contributed by atoms with Crippen LogP contribution in [0.2, 0.25) is 0 Å². The minimum absolute atomic E-state index is 0.343. The molecule has 2 aliphatic carbocycles. The molecule has 4 fully saturated rings. The van der Waals surface area contributed by atoms with Gasteiger partial charge in [-0.2, -0.15) is 10.5 Å². The molecule has 2 aliphatic heterocycles. The lowest BCUT2D eigenvalue weighted by Crippen LogP contribution is -2.49. The van der Waals surface area contributed by atoms with E-state index in [1.807, 2.05) is 18.3 Å². The van der Waals surface area contributed by atoms with Crippen LogP contribution >= 0.6 is 0 Å². The average Bonchev–Trinajstić information content (AvgIpc) is 3.45. The normalized spacial score (nSPS) is 32.3. The number of piperidine rings is 1. The summed E-state index contributed by atoms with van der Waals surface area (Å²) < 4.78 is 0. The molecule has 4 aliphatic rings. The van der Waals surface area contributed by atoms with Gasteiger partial charge in [-0.1, -0.05) is 30.6 Å². The molecule has 0 aromatic carbocycles. The Balaban J connectivity index is 0.000000160. The Labute approximate surface area is 232 Å². The molecule has 4 heterocycles. The fraction of sp³-hybridized carbons (Fsp3) is 0.471. The van der Waals surface area contributed by atoms with Crippen LogP contribution in [-0.4, -0.2) is 33.5 Å². The summed E-state index contributed by atoms with van der Waals surface area (Å²) in [5.41, 5.74) is 2.68. The summed E-state index contributed by atoms with van der Waals surface area (Å²) in [6, 6.07) is 9.84. The Kier molecular flexibility index (Phi) is 7.45. The predicted molar refractivity (Wildman–Crippen MR) is 151 cm³/mol. The lowest BCUT2D eigenvalue weighted by Gasteiger charge is -2.42. The quantitative estimate of drug-likeness (QED) is 0.535. The second-order valence-corrected chi connectivity index (χ2v) is 11.7. The lowest BCUT2D eigenvalue weighted by atomic mass is 9.66. The van der Waals surface area contributed by atoms with Crippen LogP contribution in [0.4, 0.5) is 0 Å². The van der Waals surface area contributed by atoms with Crippen LogP contribution in [0.25, 0.3) is 0 Å². The van der Waals surface area contributed by atoms with Gasteiger partial charge < -0.3 is 0 Å². The van der Waals surface area contributed by atoms with Gasteiger partial charge in [0.25, 0.3) is 0 Å². The molecular weight excluding hydrogens is 478 g/mol. The summed E-state index contributed by atoms with van der Waals surface area (Å²) >= 11 is 0. The van der Waals surface area contributed by atoms with Crippen molar-refractivity contribution < 1.29 is 0 Å². The smallest absolute Gasteiger partial charge is 0.0867 e. The molecule has 4 bridgehead atoms. The summed E-state index contributed by atoms with van der Waals surface area (Å²) in [5.74, 6) is 9.41. The highest BCUT2D eigenvalue weighted by atomic mass is 15.2. The Morgan fingerprint density at radius 2 is 1.23 bits per heavy atom. The molecule has 2 aromatic rings. The van der Waals surface area contributed by atoms with Crippen molar-refractivity contribution in [3.05, 3.63) is 59.2 Å². The van der Waals surface area contributed by atoms with Crippen molar-refractivity contribution in [2.24, 2.45) is 11.8 Å². The summed E-state index contributed by atoms with van der Waals surface area (Å²) in [5, 5.41) is 19.5. The van der Waals surface area contributed by atoms with E-state index in [0.717, 1.165) is 72.6 Å². The van der Waals surface area contributed by atoms with Gasteiger partial charge in [-0.3, -0.25) is 14.9 Å². The maximum absolute atomic E-state index is 9.85. The van der Waals surface area contributed by atoms with Gasteiger partial charge in [0.2, 0.25) is 0 Å². The van der Waals surface area contributed by atoms with Crippen LogP contribution in [-0.2, 0) is 10.8 Å². The Bertz CT molecular complexity index is 1410. The first-order valence-electron chi connectivity index (χ1n) is 13.8. The number of hydrogen-bond acceptors (Lipinski definition) is 5. The van der Waals surface area contributed by atoms with Gasteiger partial charge in [0, 0.05) is 48.0 Å². The summed E-state index contributed by atoms with van der Waals surface area (Å²) in [6.45, 7) is 0.680. The van der Waals surface area contributed by atoms with Crippen LogP contribution in [0.3, 0.4) is 0 Å². The highest BCUT2D eigenvalue weighted by Gasteiger charge is 2.49. The van der Waals surface area contributed by atoms with Gasteiger partial charge in [-0.15, -0.1) is 19.3 Å². The molecule has 5 heteroatoms. The van der Waals surface area contributed by atoms with Gasteiger partial charge in [-0.05, 0) is 80.0 Å². The molecule has 194 valence electrons. The fourth-order valence-corrected chi connectivity index (χ4v) is 7.67. The predicted octanol–water partition coefficient (Wildman–Crippen LogP) is 5.12. The van der Waals surface area contributed by atoms with Gasteiger partial charge in [0.1, 0.15) is 0 Å². The number of hydrogen-bond donors (Lipinski definition) is 0. The maximum atomic E-state index is 9.85. The molecule has 0 radical (unpaired) electrons. The van der Waals surface area contributed by atoms with Gasteiger partial charge in [-0.25, -0.2) is 0 Å². The summed E-state index contributed by atoms with van der Waals surface area (Å²) in [7, 11) is 0. The first-order chi connectivity index (χ1) is 19.0. The van der Waals surface area contributed by atoms with E-state index in [1.165, 1.54) is 19.3 Å². The summed E-state index contributed by atoms with van der Waals surface area (Å²) in [6.07, 6.45) is 33.1. The largest absolute Gasteiger partial charge is 0.286 e. The molecule has 2 unspecified atom stereocenters. The van der Waals surface area contributed by atoms with E-state index in [9.17, 15) is 10.5 Å². The number of terminal acetylenes is 3. The zero-order chi connectivity index (χ0) is 27.5. The fourth-order valence-electron chi connectivity index (χ4n) is 7.67. The molecule has 5 nitrogen and oxygen atoms in total. The number of nitrogens with zero attached hydrogens (tertiary/aromatic N) is 5. The Hall–Kier alpha value is -4.08. The molecule has 2 aromatic heterocycles. The zero-order valence-electron chi connectivity index (χ0n) is 22.3. The van der Waals surface area contributed by atoms with E-state index < -0.39 is 5.41 Å². The minimum atomic E-state index is -0.475. The SMILES string of the molecule is C#CCN1[C@@H]2CC[C@H]1CC(C#N)(c1cncc(C#C)c1)C2.C#Cc1cncc(C2(C#N)C[C@@H]3CC[C@@H](C3)C2)c1. The van der Waals surface area contributed by atoms with Crippen LogP contribution in [0.5, 0.6) is 0 Å². The van der Waals surface area contributed by atoms with Crippen LogP contribution in [0, 0.1) is 71.5 Å². The van der Waals surface area contributed by atoms with Gasteiger partial charge in [0.05, 0.1) is 29.5 Å². The first kappa shape index (κ1) is 26.5. The second-order valence-electron chi connectivity index (χ2n) is 11.7. The number of fused-ring (bicyclic) bond motifs is 4. The molecule has 0 amide bonds. The number of aromatic nitrogens is 2. The summed E-state index contributed by atoms with van der Waals surface area (Å²) in [4.78, 5) is 10.8. The van der Waals surface area contributed by atoms with Crippen molar-refractivity contribution in [1.82, 2.24) is 14.9 Å². The topological polar surface area (TPSA) is 76.6 Å². The zero-order valence-corrected chi connectivity index (χ0v) is 22.3. The number of rotatable bonds is 3. The number of nitriles is 2. The van der Waals surface area contributed by atoms with E-state index >= 15 is 0 Å². The van der Waals surface area contributed by atoms with E-state index in [2.05, 4.69) is 44.8 Å². The highest BCUT2D eigenvalue weighted by Crippen LogP contribution is 2.51. The molecular formula is C34H33N5. The van der Waals surface area contributed by atoms with E-state index in [-0.39, 0.29) is 5.41 Å². The third-order valence-corrected chi connectivity index (χ3v) is 9.48. The lowest BCUT2D eigenvalue weighted by molar-refractivity contribution is 0.121. The third-order valence-electron chi connectivity index (χ3n) is 9.48. The highest BCUT2D eigenvalue weighted by molar-refractivity contribution is 5.41. The van der Waals surface area contributed by atoms with Crippen molar-refractivity contribution in [3.63, 3.8) is 0 Å². The van der Waals surface area contributed by atoms with Crippen molar-refractivity contribution >= 4 is 0 Å². The third kappa shape index (κ3) is 5.03. The maximum Gasteiger partial charge on any atom is 0.0867 e. The van der Waals surface area contributed by atoms with Crippen molar-refractivity contribution in [2.45, 2.75) is 80.7 Å². The van der Waals surface area contributed by atoms with Crippen molar-refractivity contribution in [3.8, 4) is 49.2 Å². The average molecular weight is 512 g/mol. The molecule has 39 heavy (non-hydrogen) atoms.